The van der Waals surface area contributed by atoms with Gasteiger partial charge in [-0.2, -0.15) is 0 Å². The number of halogens is 1. The smallest absolute Gasteiger partial charge is 0.229 e. The lowest BCUT2D eigenvalue weighted by atomic mass is 9.82. The van der Waals surface area contributed by atoms with Gasteiger partial charge in [0, 0.05) is 34.4 Å². The third-order valence-corrected chi connectivity index (χ3v) is 4.92. The van der Waals surface area contributed by atoms with Crippen LogP contribution < -0.4 is 10.4 Å². The summed E-state index contributed by atoms with van der Waals surface area (Å²) in [6, 6.07) is 6.74. The summed E-state index contributed by atoms with van der Waals surface area (Å²) in [5.41, 5.74) is 2.70. The average Bonchev–Trinajstić information content (AvgIpc) is 3.05. The zero-order valence-electron chi connectivity index (χ0n) is 12.9. The molecule has 1 fully saturated rings. The number of carbonyl (C=O) groups excluding carboxylic acids is 2. The topological polar surface area (TPSA) is 69.2 Å². The summed E-state index contributed by atoms with van der Waals surface area (Å²) < 4.78 is 0. The number of nitrogens with one attached hydrogen (secondary N) is 1. The number of hydrogen-bond acceptors (Lipinski definition) is 3. The van der Waals surface area contributed by atoms with E-state index < -0.39 is 17.8 Å². The van der Waals surface area contributed by atoms with E-state index in [4.69, 9.17) is 11.6 Å². The first-order chi connectivity index (χ1) is 10.9. The lowest BCUT2D eigenvalue weighted by molar-refractivity contribution is -0.313. The number of carboxylic acid groups (broad SMARTS) is 1. The van der Waals surface area contributed by atoms with Crippen molar-refractivity contribution in [3.8, 4) is 0 Å². The number of carbonyl (C=O) groups is 2. The number of amides is 1. The summed E-state index contributed by atoms with van der Waals surface area (Å²) in [4.78, 5) is 24.3. The fourth-order valence-corrected chi connectivity index (χ4v) is 3.91. The van der Waals surface area contributed by atoms with Crippen LogP contribution in [-0.4, -0.2) is 11.9 Å². The summed E-state index contributed by atoms with van der Waals surface area (Å²) in [5.74, 6) is -3.33. The van der Waals surface area contributed by atoms with Crippen LogP contribution in [0.2, 0.25) is 5.02 Å². The molecule has 4 nitrogen and oxygen atoms in total. The largest absolute Gasteiger partial charge is 0.550 e. The lowest BCUT2D eigenvalue weighted by Crippen LogP contribution is -2.42. The number of aliphatic carboxylic acids is 1. The van der Waals surface area contributed by atoms with E-state index in [1.165, 1.54) is 0 Å². The van der Waals surface area contributed by atoms with Crippen LogP contribution in [0.1, 0.15) is 13.8 Å². The van der Waals surface area contributed by atoms with Gasteiger partial charge in [0.25, 0.3) is 0 Å². The molecule has 120 valence electrons. The van der Waals surface area contributed by atoms with Gasteiger partial charge in [-0.15, -0.1) is 0 Å². The Morgan fingerprint density at radius 3 is 2.13 bits per heavy atom. The van der Waals surface area contributed by atoms with Crippen LogP contribution in [0.5, 0.6) is 0 Å². The van der Waals surface area contributed by atoms with Crippen molar-refractivity contribution >= 4 is 29.2 Å². The molecule has 1 saturated carbocycles. The van der Waals surface area contributed by atoms with Gasteiger partial charge in [-0.05, 0) is 38.1 Å². The number of rotatable bonds is 3. The van der Waals surface area contributed by atoms with Crippen LogP contribution in [0.3, 0.4) is 0 Å². The van der Waals surface area contributed by atoms with Gasteiger partial charge in [0.15, 0.2) is 0 Å². The Hall–Kier alpha value is -2.07. The summed E-state index contributed by atoms with van der Waals surface area (Å²) in [6.45, 7) is 3.91. The van der Waals surface area contributed by atoms with Gasteiger partial charge >= 0.3 is 0 Å². The van der Waals surface area contributed by atoms with Crippen molar-refractivity contribution in [3.63, 3.8) is 0 Å². The molecule has 4 atom stereocenters. The van der Waals surface area contributed by atoms with Crippen LogP contribution in [0.15, 0.2) is 47.6 Å². The monoisotopic (exact) mass is 330 g/mol. The fourth-order valence-electron chi connectivity index (χ4n) is 3.79. The third kappa shape index (κ3) is 2.68. The Kier molecular flexibility index (Phi) is 4.02. The molecule has 2 bridgehead atoms. The van der Waals surface area contributed by atoms with E-state index in [0.717, 1.165) is 11.1 Å². The molecule has 1 aromatic carbocycles. The van der Waals surface area contributed by atoms with Gasteiger partial charge in [0.1, 0.15) is 0 Å². The Labute approximate surface area is 139 Å². The molecular formula is C18H17ClNO3-. The maximum atomic E-state index is 12.7. The second-order valence-electron chi connectivity index (χ2n) is 6.26. The summed E-state index contributed by atoms with van der Waals surface area (Å²) in [5, 5.41) is 15.0. The standard InChI is InChI=1S/C18H18ClNO3/c1-9(2)14-12-7-8-13(14)16(18(22)23)15(12)17(21)20-11-5-3-10(19)4-6-11/h3-8,12-13,15-16H,1-2H3,(H,20,21)(H,22,23)/p-1/t12-,13-,15+,16-/m0/s1. The second-order valence-corrected chi connectivity index (χ2v) is 6.69. The van der Waals surface area contributed by atoms with Gasteiger partial charge in [0.2, 0.25) is 5.91 Å². The first-order valence-corrected chi connectivity index (χ1v) is 7.91. The fraction of sp³-hybridized carbons (Fsp3) is 0.333. The van der Waals surface area contributed by atoms with Crippen molar-refractivity contribution in [2.24, 2.45) is 23.7 Å². The molecule has 1 amide bonds. The van der Waals surface area contributed by atoms with Crippen LogP contribution in [0.4, 0.5) is 5.69 Å². The zero-order valence-corrected chi connectivity index (χ0v) is 13.6. The third-order valence-electron chi connectivity index (χ3n) is 4.67. The minimum Gasteiger partial charge on any atom is -0.550 e. The number of carboxylic acids is 1. The van der Waals surface area contributed by atoms with Crippen LogP contribution in [-0.2, 0) is 9.59 Å². The Morgan fingerprint density at radius 1 is 1.04 bits per heavy atom. The van der Waals surface area contributed by atoms with Gasteiger partial charge in [-0.25, -0.2) is 0 Å². The lowest BCUT2D eigenvalue weighted by Gasteiger charge is -2.27. The second kappa shape index (κ2) is 5.85. The minimum absolute atomic E-state index is 0.166. The van der Waals surface area contributed by atoms with Gasteiger partial charge in [0.05, 0.1) is 5.92 Å². The molecule has 5 heteroatoms. The number of allylic oxidation sites excluding steroid dienone is 4. The molecule has 0 spiro atoms. The molecule has 23 heavy (non-hydrogen) atoms. The average molecular weight is 331 g/mol. The Bertz CT molecular complexity index is 716. The van der Waals surface area contributed by atoms with E-state index >= 15 is 0 Å². The van der Waals surface area contributed by atoms with E-state index in [1.54, 1.807) is 24.3 Å². The molecule has 1 N–H and O–H groups in total. The zero-order chi connectivity index (χ0) is 16.7. The van der Waals surface area contributed by atoms with Gasteiger partial charge in [-0.3, -0.25) is 4.79 Å². The van der Waals surface area contributed by atoms with E-state index in [0.29, 0.717) is 10.7 Å². The van der Waals surface area contributed by atoms with Crippen molar-refractivity contribution in [2.45, 2.75) is 13.8 Å². The van der Waals surface area contributed by atoms with Crippen molar-refractivity contribution in [1.29, 1.82) is 0 Å². The Morgan fingerprint density at radius 2 is 1.61 bits per heavy atom. The van der Waals surface area contributed by atoms with Crippen molar-refractivity contribution in [3.05, 3.63) is 52.6 Å². The van der Waals surface area contributed by atoms with Crippen LogP contribution in [0.25, 0.3) is 0 Å². The summed E-state index contributed by atoms with van der Waals surface area (Å²) in [6.07, 6.45) is 3.83. The van der Waals surface area contributed by atoms with E-state index in [1.807, 2.05) is 26.0 Å². The number of anilines is 1. The molecule has 0 aliphatic heterocycles. The number of benzene rings is 1. The molecular weight excluding hydrogens is 314 g/mol. The van der Waals surface area contributed by atoms with E-state index in [9.17, 15) is 14.7 Å². The molecule has 0 heterocycles. The van der Waals surface area contributed by atoms with Crippen molar-refractivity contribution in [1.82, 2.24) is 0 Å². The highest BCUT2D eigenvalue weighted by molar-refractivity contribution is 6.30. The summed E-state index contributed by atoms with van der Waals surface area (Å²) >= 11 is 5.83. The summed E-state index contributed by atoms with van der Waals surface area (Å²) in [7, 11) is 0. The normalized spacial score (nSPS) is 28.0. The number of hydrogen-bond donors (Lipinski definition) is 1. The van der Waals surface area contributed by atoms with Crippen LogP contribution in [0, 0.1) is 23.7 Å². The predicted molar refractivity (Wildman–Crippen MR) is 86.6 cm³/mol. The van der Waals surface area contributed by atoms with E-state index in [-0.39, 0.29) is 17.7 Å². The van der Waals surface area contributed by atoms with Crippen LogP contribution >= 0.6 is 11.6 Å². The molecule has 0 aromatic heterocycles. The minimum atomic E-state index is -1.17. The first kappa shape index (κ1) is 15.8. The first-order valence-electron chi connectivity index (χ1n) is 7.53. The number of fused-ring (bicyclic) bond motifs is 2. The molecule has 1 aromatic rings. The molecule has 3 rings (SSSR count). The molecule has 2 aliphatic carbocycles. The maximum Gasteiger partial charge on any atom is 0.229 e. The highest BCUT2D eigenvalue weighted by Gasteiger charge is 2.52. The SMILES string of the molecule is CC(C)=C1[C@@H]2C=C[C@@H]1[C@@H](C(=O)Nc1ccc(Cl)cc1)[C@H]2C(=O)[O-]. The molecule has 0 radical (unpaired) electrons. The molecule has 0 unspecified atom stereocenters. The molecule has 0 saturated heterocycles. The maximum absolute atomic E-state index is 12.7. The van der Waals surface area contributed by atoms with Crippen molar-refractivity contribution < 1.29 is 14.7 Å². The van der Waals surface area contributed by atoms with E-state index in [2.05, 4.69) is 5.32 Å². The highest BCUT2D eigenvalue weighted by atomic mass is 35.5. The Balaban J connectivity index is 1.89. The quantitative estimate of drug-likeness (QED) is 0.865. The van der Waals surface area contributed by atoms with Crippen molar-refractivity contribution in [2.75, 3.05) is 5.32 Å². The molecule has 2 aliphatic rings. The van der Waals surface area contributed by atoms with Gasteiger partial charge < -0.3 is 15.2 Å². The van der Waals surface area contributed by atoms with Gasteiger partial charge in [-0.1, -0.05) is 34.9 Å². The predicted octanol–water partition coefficient (Wildman–Crippen LogP) is 2.41. The highest BCUT2D eigenvalue weighted by Crippen LogP contribution is 2.53.